The molecule has 0 N–H and O–H groups in total. The first-order valence-corrected chi connectivity index (χ1v) is 10.7. The summed E-state index contributed by atoms with van der Waals surface area (Å²) in [6, 6.07) is 6.58. The molecule has 27 heavy (non-hydrogen) atoms. The molecule has 2 aromatic rings. The van der Waals surface area contributed by atoms with Gasteiger partial charge in [0.25, 0.3) is 0 Å². The van der Waals surface area contributed by atoms with Gasteiger partial charge in [-0.3, -0.25) is 4.79 Å². The van der Waals surface area contributed by atoms with Crippen LogP contribution < -0.4 is 0 Å². The summed E-state index contributed by atoms with van der Waals surface area (Å²) in [6.07, 6.45) is 2.37. The van der Waals surface area contributed by atoms with Gasteiger partial charge in [0.15, 0.2) is 0 Å². The van der Waals surface area contributed by atoms with Gasteiger partial charge in [0.05, 0.1) is 37.1 Å². The van der Waals surface area contributed by atoms with Gasteiger partial charge in [0.1, 0.15) is 6.04 Å². The van der Waals surface area contributed by atoms with Gasteiger partial charge in [0.2, 0.25) is 10.0 Å². The van der Waals surface area contributed by atoms with Crippen LogP contribution in [0.4, 0.5) is 0 Å². The molecule has 7 nitrogen and oxygen atoms in total. The minimum absolute atomic E-state index is 0.0127. The smallest absolute Gasteiger partial charge is 0.324 e. The normalized spacial score (nSPS) is 17.5. The number of halogens is 1. The lowest BCUT2D eigenvalue weighted by Gasteiger charge is -2.33. The molecule has 1 atom stereocenters. The molecule has 0 radical (unpaired) electrons. The number of sulfonamides is 1. The minimum Gasteiger partial charge on any atom is -0.468 e. The Morgan fingerprint density at radius 1 is 1.33 bits per heavy atom. The third-order valence-electron chi connectivity index (χ3n) is 4.63. The number of carbonyl (C=O) groups is 1. The van der Waals surface area contributed by atoms with E-state index in [1.165, 1.54) is 11.4 Å². The van der Waals surface area contributed by atoms with Crippen molar-refractivity contribution in [2.45, 2.75) is 38.9 Å². The maximum atomic E-state index is 12.7. The van der Waals surface area contributed by atoms with Gasteiger partial charge >= 0.3 is 5.97 Å². The molecule has 0 amide bonds. The van der Waals surface area contributed by atoms with Gasteiger partial charge < -0.3 is 9.30 Å². The SMILES string of the molecule is CCCS(=O)(=O)N1Cc2c(ncn2Cc2ccc(Cl)cc2)CC1C(=O)OC. The van der Waals surface area contributed by atoms with Crippen LogP contribution in [0.15, 0.2) is 30.6 Å². The molecule has 0 fully saturated rings. The van der Waals surface area contributed by atoms with Gasteiger partial charge in [0, 0.05) is 18.0 Å². The van der Waals surface area contributed by atoms with E-state index in [0.29, 0.717) is 18.0 Å². The van der Waals surface area contributed by atoms with Crippen LogP contribution in [-0.2, 0) is 39.1 Å². The largest absolute Gasteiger partial charge is 0.468 e. The molecule has 9 heteroatoms. The Bertz CT molecular complexity index is 925. The van der Waals surface area contributed by atoms with Gasteiger partial charge in [-0.15, -0.1) is 0 Å². The molecular formula is C18H22ClN3O4S. The van der Waals surface area contributed by atoms with E-state index < -0.39 is 22.0 Å². The Balaban J connectivity index is 1.93. The summed E-state index contributed by atoms with van der Waals surface area (Å²) >= 11 is 5.93. The van der Waals surface area contributed by atoms with Crippen molar-refractivity contribution in [1.82, 2.24) is 13.9 Å². The predicted octanol–water partition coefficient (Wildman–Crippen LogP) is 2.22. The minimum atomic E-state index is -3.58. The van der Waals surface area contributed by atoms with Crippen molar-refractivity contribution in [2.75, 3.05) is 12.9 Å². The van der Waals surface area contributed by atoms with E-state index in [9.17, 15) is 13.2 Å². The average molecular weight is 412 g/mol. The first-order chi connectivity index (χ1) is 12.9. The van der Waals surface area contributed by atoms with Crippen LogP contribution in [0.3, 0.4) is 0 Å². The zero-order valence-electron chi connectivity index (χ0n) is 15.3. The molecule has 1 aromatic carbocycles. The van der Waals surface area contributed by atoms with E-state index in [2.05, 4.69) is 4.98 Å². The molecule has 0 aliphatic carbocycles. The molecule has 2 heterocycles. The van der Waals surface area contributed by atoms with E-state index in [1.54, 1.807) is 13.3 Å². The van der Waals surface area contributed by atoms with Crippen molar-refractivity contribution in [3.63, 3.8) is 0 Å². The van der Waals surface area contributed by atoms with Gasteiger partial charge in [-0.2, -0.15) is 4.31 Å². The fourth-order valence-electron chi connectivity index (χ4n) is 3.27. The van der Waals surface area contributed by atoms with Gasteiger partial charge in [-0.05, 0) is 24.1 Å². The summed E-state index contributed by atoms with van der Waals surface area (Å²) in [5.41, 5.74) is 2.55. The third kappa shape index (κ3) is 4.17. The van der Waals surface area contributed by atoms with Crippen molar-refractivity contribution >= 4 is 27.6 Å². The van der Waals surface area contributed by atoms with Crippen LogP contribution in [0.25, 0.3) is 0 Å². The number of hydrogen-bond donors (Lipinski definition) is 0. The Kier molecular flexibility index (Phi) is 5.88. The topological polar surface area (TPSA) is 81.5 Å². The maximum absolute atomic E-state index is 12.7. The first-order valence-electron chi connectivity index (χ1n) is 8.70. The molecule has 1 aliphatic heterocycles. The molecular weight excluding hydrogens is 390 g/mol. The molecule has 0 saturated heterocycles. The van der Waals surface area contributed by atoms with Crippen molar-refractivity contribution in [3.8, 4) is 0 Å². The number of carbonyl (C=O) groups excluding carboxylic acids is 1. The van der Waals surface area contributed by atoms with Crippen LogP contribution in [0.2, 0.25) is 5.02 Å². The highest BCUT2D eigenvalue weighted by atomic mass is 35.5. The van der Waals surface area contributed by atoms with Crippen molar-refractivity contribution < 1.29 is 17.9 Å². The van der Waals surface area contributed by atoms with Crippen LogP contribution in [0.1, 0.15) is 30.3 Å². The van der Waals surface area contributed by atoms with Crippen LogP contribution in [0.5, 0.6) is 0 Å². The maximum Gasteiger partial charge on any atom is 0.324 e. The summed E-state index contributed by atoms with van der Waals surface area (Å²) in [5.74, 6) is -0.575. The second-order valence-corrected chi connectivity index (χ2v) is 8.97. The number of methoxy groups -OCH3 is 1. The Morgan fingerprint density at radius 2 is 2.04 bits per heavy atom. The molecule has 1 aromatic heterocycles. The highest BCUT2D eigenvalue weighted by Gasteiger charge is 2.40. The van der Waals surface area contributed by atoms with Crippen LogP contribution >= 0.6 is 11.6 Å². The highest BCUT2D eigenvalue weighted by Crippen LogP contribution is 2.27. The van der Waals surface area contributed by atoms with E-state index in [0.717, 1.165) is 17.0 Å². The fraction of sp³-hybridized carbons (Fsp3) is 0.444. The van der Waals surface area contributed by atoms with E-state index in [-0.39, 0.29) is 18.7 Å². The van der Waals surface area contributed by atoms with Crippen LogP contribution in [-0.4, -0.2) is 47.1 Å². The van der Waals surface area contributed by atoms with Crippen molar-refractivity contribution in [3.05, 3.63) is 52.6 Å². The summed E-state index contributed by atoms with van der Waals surface area (Å²) < 4.78 is 33.5. The number of rotatable bonds is 6. The zero-order chi connectivity index (χ0) is 19.6. The lowest BCUT2D eigenvalue weighted by molar-refractivity contribution is -0.145. The first kappa shape index (κ1) is 19.9. The van der Waals surface area contributed by atoms with E-state index in [4.69, 9.17) is 16.3 Å². The highest BCUT2D eigenvalue weighted by molar-refractivity contribution is 7.89. The number of hydrogen-bond acceptors (Lipinski definition) is 5. The molecule has 3 rings (SSSR count). The summed E-state index contributed by atoms with van der Waals surface area (Å²) in [4.78, 5) is 16.6. The molecule has 0 bridgehead atoms. The Hall–Kier alpha value is -1.90. The number of benzene rings is 1. The molecule has 0 saturated carbocycles. The van der Waals surface area contributed by atoms with Crippen molar-refractivity contribution in [2.24, 2.45) is 0 Å². The molecule has 0 spiro atoms. The van der Waals surface area contributed by atoms with Crippen molar-refractivity contribution in [1.29, 1.82) is 0 Å². The quantitative estimate of drug-likeness (QED) is 0.681. The molecule has 146 valence electrons. The molecule has 1 aliphatic rings. The second-order valence-electron chi connectivity index (χ2n) is 6.50. The number of imidazole rings is 1. The molecule has 1 unspecified atom stereocenters. The fourth-order valence-corrected chi connectivity index (χ4v) is 5.02. The van der Waals surface area contributed by atoms with Gasteiger partial charge in [-0.25, -0.2) is 13.4 Å². The zero-order valence-corrected chi connectivity index (χ0v) is 16.8. The van der Waals surface area contributed by atoms with Crippen LogP contribution in [0, 0.1) is 0 Å². The summed E-state index contributed by atoms with van der Waals surface area (Å²) in [6.45, 7) is 2.44. The van der Waals surface area contributed by atoms with E-state index in [1.807, 2.05) is 28.8 Å². The Labute approximate surface area is 164 Å². The number of aromatic nitrogens is 2. The lowest BCUT2D eigenvalue weighted by atomic mass is 10.1. The lowest BCUT2D eigenvalue weighted by Crippen LogP contribution is -2.50. The number of fused-ring (bicyclic) bond motifs is 1. The standard InChI is InChI=1S/C18H22ClN3O4S/c1-3-8-27(24,25)22-11-17-15(9-16(22)18(23)26-2)20-12-21(17)10-13-4-6-14(19)7-5-13/h4-7,12,16H,3,8-11H2,1-2H3. The van der Waals surface area contributed by atoms with Gasteiger partial charge in [-0.1, -0.05) is 30.7 Å². The summed E-state index contributed by atoms with van der Waals surface area (Å²) in [5, 5.41) is 0.657. The average Bonchev–Trinajstić information content (AvgIpc) is 3.04. The monoisotopic (exact) mass is 411 g/mol. The number of nitrogens with zero attached hydrogens (tertiary/aromatic N) is 3. The second kappa shape index (κ2) is 8.00. The summed E-state index contributed by atoms with van der Waals surface area (Å²) in [7, 11) is -2.31. The number of ether oxygens (including phenoxy) is 1. The predicted molar refractivity (Wildman–Crippen MR) is 102 cm³/mol. The van der Waals surface area contributed by atoms with E-state index >= 15 is 0 Å². The number of esters is 1. The third-order valence-corrected chi connectivity index (χ3v) is 6.91. The Morgan fingerprint density at radius 3 is 2.67 bits per heavy atom.